The van der Waals surface area contributed by atoms with E-state index in [1.54, 1.807) is 0 Å². The number of hydrogen-bond donors (Lipinski definition) is 1. The summed E-state index contributed by atoms with van der Waals surface area (Å²) in [5.74, 6) is 0. The third-order valence-electron chi connectivity index (χ3n) is 4.04. The van der Waals surface area contributed by atoms with E-state index in [-0.39, 0.29) is 0 Å². The molecule has 0 atom stereocenters. The molecule has 0 spiro atoms. The van der Waals surface area contributed by atoms with Gasteiger partial charge >= 0.3 is 0 Å². The maximum atomic E-state index is 3.30. The zero-order valence-electron chi connectivity index (χ0n) is 13.0. The molecule has 1 N–H and O–H groups in total. The second kappa shape index (κ2) is 8.11. The van der Waals surface area contributed by atoms with Gasteiger partial charge in [-0.15, -0.1) is 0 Å². The van der Waals surface area contributed by atoms with Gasteiger partial charge in [0.1, 0.15) is 0 Å². The van der Waals surface area contributed by atoms with Crippen LogP contribution in [0.2, 0.25) is 0 Å². The van der Waals surface area contributed by atoms with Crippen LogP contribution in [0.4, 0.5) is 0 Å². The molecule has 2 aromatic rings. The van der Waals surface area contributed by atoms with Crippen molar-refractivity contribution in [3.63, 3.8) is 0 Å². The van der Waals surface area contributed by atoms with E-state index in [2.05, 4.69) is 48.0 Å². The van der Waals surface area contributed by atoms with Crippen LogP contribution in [0.15, 0.2) is 30.5 Å². The van der Waals surface area contributed by atoms with Crippen molar-refractivity contribution in [1.82, 2.24) is 9.88 Å². The van der Waals surface area contributed by atoms with E-state index in [0.29, 0.717) is 0 Å². The Hall–Kier alpha value is -1.28. The van der Waals surface area contributed by atoms with Crippen LogP contribution in [0.3, 0.4) is 0 Å². The maximum Gasteiger partial charge on any atom is 0.0456 e. The Morgan fingerprint density at radius 3 is 2.40 bits per heavy atom. The van der Waals surface area contributed by atoms with Gasteiger partial charge in [-0.2, -0.15) is 0 Å². The molecule has 0 saturated heterocycles. The van der Waals surface area contributed by atoms with Gasteiger partial charge in [-0.3, -0.25) is 0 Å². The molecule has 110 valence electrons. The summed E-state index contributed by atoms with van der Waals surface area (Å²) in [6.07, 6.45) is 8.41. The summed E-state index contributed by atoms with van der Waals surface area (Å²) < 4.78 is 0. The van der Waals surface area contributed by atoms with E-state index in [4.69, 9.17) is 0 Å². The fraction of sp³-hybridized carbons (Fsp3) is 0.556. The van der Waals surface area contributed by atoms with Crippen LogP contribution in [-0.4, -0.2) is 29.5 Å². The Balaban J connectivity index is 1.95. The third-order valence-corrected chi connectivity index (χ3v) is 4.04. The Morgan fingerprint density at radius 1 is 0.950 bits per heavy atom. The highest BCUT2D eigenvalue weighted by Crippen LogP contribution is 2.18. The van der Waals surface area contributed by atoms with Crippen LogP contribution in [0, 0.1) is 0 Å². The lowest BCUT2D eigenvalue weighted by Gasteiger charge is -2.22. The van der Waals surface area contributed by atoms with Crippen molar-refractivity contribution in [2.45, 2.75) is 46.0 Å². The van der Waals surface area contributed by atoms with Crippen LogP contribution in [0.25, 0.3) is 10.9 Å². The Bertz CT molecular complexity index is 493. The first-order valence-corrected chi connectivity index (χ1v) is 8.12. The first-order chi connectivity index (χ1) is 9.85. The van der Waals surface area contributed by atoms with Gasteiger partial charge in [-0.05, 0) is 50.0 Å². The highest BCUT2D eigenvalue weighted by molar-refractivity contribution is 5.82. The lowest BCUT2D eigenvalue weighted by molar-refractivity contribution is 0.268. The normalized spacial score (nSPS) is 11.6. The highest BCUT2D eigenvalue weighted by Gasteiger charge is 2.06. The Labute approximate surface area is 123 Å². The first kappa shape index (κ1) is 15.1. The minimum atomic E-state index is 1.16. The van der Waals surface area contributed by atoms with Crippen molar-refractivity contribution in [2.75, 3.05) is 19.6 Å². The van der Waals surface area contributed by atoms with Gasteiger partial charge in [0.15, 0.2) is 0 Å². The van der Waals surface area contributed by atoms with Crippen LogP contribution in [-0.2, 0) is 6.42 Å². The zero-order valence-corrected chi connectivity index (χ0v) is 13.0. The number of benzene rings is 1. The molecular weight excluding hydrogens is 244 g/mol. The number of unbranched alkanes of at least 4 members (excludes halogenated alkanes) is 2. The fourth-order valence-corrected chi connectivity index (χ4v) is 2.75. The molecule has 20 heavy (non-hydrogen) atoms. The van der Waals surface area contributed by atoms with Crippen molar-refractivity contribution in [1.29, 1.82) is 0 Å². The summed E-state index contributed by atoms with van der Waals surface area (Å²) in [6.45, 7) is 8.24. The minimum Gasteiger partial charge on any atom is -0.361 e. The second-order valence-corrected chi connectivity index (χ2v) is 5.65. The molecule has 0 bridgehead atoms. The number of aromatic amines is 1. The standard InChI is InChI=1S/C18H28N2/c1-3-5-13-20(14-6-4-2)15-11-16-8-7-9-18-17(16)10-12-19-18/h7-10,12,19H,3-6,11,13-15H2,1-2H3. The number of rotatable bonds is 9. The van der Waals surface area contributed by atoms with Crippen LogP contribution < -0.4 is 0 Å². The topological polar surface area (TPSA) is 19.0 Å². The molecule has 1 aromatic carbocycles. The molecule has 2 nitrogen and oxygen atoms in total. The first-order valence-electron chi connectivity index (χ1n) is 8.12. The molecule has 1 heterocycles. The number of nitrogens with one attached hydrogen (secondary N) is 1. The molecule has 0 aliphatic rings. The third kappa shape index (κ3) is 4.11. The fourth-order valence-electron chi connectivity index (χ4n) is 2.75. The highest BCUT2D eigenvalue weighted by atomic mass is 15.1. The van der Waals surface area contributed by atoms with Crippen molar-refractivity contribution in [3.05, 3.63) is 36.0 Å². The number of hydrogen-bond acceptors (Lipinski definition) is 1. The SMILES string of the molecule is CCCCN(CCCC)CCc1cccc2[nH]ccc12. The predicted octanol–water partition coefficient (Wildman–Crippen LogP) is 4.61. The lowest BCUT2D eigenvalue weighted by Crippen LogP contribution is -2.28. The molecule has 0 unspecified atom stereocenters. The zero-order chi connectivity index (χ0) is 14.2. The van der Waals surface area contributed by atoms with Crippen molar-refractivity contribution >= 4 is 10.9 Å². The van der Waals surface area contributed by atoms with Crippen LogP contribution in [0.5, 0.6) is 0 Å². The summed E-state index contributed by atoms with van der Waals surface area (Å²) in [5.41, 5.74) is 2.73. The van der Waals surface area contributed by atoms with Gasteiger partial charge < -0.3 is 9.88 Å². The number of nitrogens with zero attached hydrogens (tertiary/aromatic N) is 1. The molecule has 1 aromatic heterocycles. The van der Waals surface area contributed by atoms with Gasteiger partial charge in [0.05, 0.1) is 0 Å². The Morgan fingerprint density at radius 2 is 1.70 bits per heavy atom. The van der Waals surface area contributed by atoms with Gasteiger partial charge in [-0.1, -0.05) is 38.8 Å². The number of fused-ring (bicyclic) bond motifs is 1. The molecule has 0 saturated carbocycles. The van der Waals surface area contributed by atoms with Gasteiger partial charge in [-0.25, -0.2) is 0 Å². The Kier molecular flexibility index (Phi) is 6.13. The summed E-state index contributed by atoms with van der Waals surface area (Å²) in [4.78, 5) is 5.94. The molecule has 2 heteroatoms. The average Bonchev–Trinajstić information content (AvgIpc) is 2.95. The maximum absolute atomic E-state index is 3.30. The van der Waals surface area contributed by atoms with Crippen molar-refractivity contribution in [2.24, 2.45) is 0 Å². The molecule has 0 amide bonds. The summed E-state index contributed by atoms with van der Waals surface area (Å²) >= 11 is 0. The summed E-state index contributed by atoms with van der Waals surface area (Å²) in [6, 6.07) is 8.79. The molecular formula is C18H28N2. The molecule has 2 rings (SSSR count). The van der Waals surface area contributed by atoms with Crippen LogP contribution in [0.1, 0.15) is 45.1 Å². The lowest BCUT2D eigenvalue weighted by atomic mass is 10.1. The van der Waals surface area contributed by atoms with Gasteiger partial charge in [0.25, 0.3) is 0 Å². The van der Waals surface area contributed by atoms with E-state index in [9.17, 15) is 0 Å². The monoisotopic (exact) mass is 272 g/mol. The van der Waals surface area contributed by atoms with Crippen LogP contribution >= 0.6 is 0 Å². The molecule has 0 aliphatic heterocycles. The smallest absolute Gasteiger partial charge is 0.0456 e. The van der Waals surface area contributed by atoms with Gasteiger partial charge in [0.2, 0.25) is 0 Å². The summed E-state index contributed by atoms with van der Waals surface area (Å²) in [5, 5.41) is 1.39. The van der Waals surface area contributed by atoms with Gasteiger partial charge in [0, 0.05) is 23.6 Å². The molecule has 0 aliphatic carbocycles. The average molecular weight is 272 g/mol. The van der Waals surface area contributed by atoms with E-state index in [1.807, 2.05) is 6.20 Å². The van der Waals surface area contributed by atoms with Crippen molar-refractivity contribution in [3.8, 4) is 0 Å². The van der Waals surface area contributed by atoms with Crippen molar-refractivity contribution < 1.29 is 0 Å². The second-order valence-electron chi connectivity index (χ2n) is 5.65. The van der Waals surface area contributed by atoms with E-state index in [0.717, 1.165) is 6.42 Å². The number of H-pyrrole nitrogens is 1. The minimum absolute atomic E-state index is 1.16. The number of aromatic nitrogens is 1. The summed E-state index contributed by atoms with van der Waals surface area (Å²) in [7, 11) is 0. The molecule has 0 fully saturated rings. The van der Waals surface area contributed by atoms with E-state index in [1.165, 1.54) is 61.8 Å². The largest absolute Gasteiger partial charge is 0.361 e. The van der Waals surface area contributed by atoms with E-state index >= 15 is 0 Å². The molecule has 0 radical (unpaired) electrons. The quantitative estimate of drug-likeness (QED) is 0.706. The predicted molar refractivity (Wildman–Crippen MR) is 88.3 cm³/mol. The van der Waals surface area contributed by atoms with E-state index < -0.39 is 0 Å².